The molecule has 0 aliphatic carbocycles. The Labute approximate surface area is 139 Å². The highest BCUT2D eigenvalue weighted by Gasteiger charge is 2.50. The average Bonchev–Trinajstić information content (AvgIpc) is 2.91. The Balaban J connectivity index is 2.30. The molecule has 0 saturated carbocycles. The van der Waals surface area contributed by atoms with Gasteiger partial charge in [-0.25, -0.2) is 4.79 Å². The topological polar surface area (TPSA) is 46.6 Å². The lowest BCUT2D eigenvalue weighted by Crippen LogP contribution is -2.47. The first-order valence-corrected chi connectivity index (χ1v) is 7.83. The van der Waals surface area contributed by atoms with Gasteiger partial charge in [0.1, 0.15) is 6.04 Å². The van der Waals surface area contributed by atoms with Crippen LogP contribution in [0, 0.1) is 0 Å². The van der Waals surface area contributed by atoms with Crippen molar-refractivity contribution in [1.29, 1.82) is 0 Å². The molecule has 0 unspecified atom stereocenters. The van der Waals surface area contributed by atoms with E-state index in [0.717, 1.165) is 10.0 Å². The number of alkyl halides is 3. The Bertz CT molecular complexity index is 606. The van der Waals surface area contributed by atoms with Crippen LogP contribution in [0.5, 0.6) is 0 Å². The molecule has 1 fully saturated rings. The Morgan fingerprint density at radius 1 is 1.35 bits per heavy atom. The van der Waals surface area contributed by atoms with Crippen molar-refractivity contribution in [3.63, 3.8) is 0 Å². The van der Waals surface area contributed by atoms with Crippen LogP contribution in [0.15, 0.2) is 28.7 Å². The number of halogens is 4. The molecule has 1 heterocycles. The van der Waals surface area contributed by atoms with Gasteiger partial charge in [0.2, 0.25) is 0 Å². The maximum absolute atomic E-state index is 12.8. The fraction of sp³-hybridized carbons (Fsp3) is 0.467. The van der Waals surface area contributed by atoms with Crippen molar-refractivity contribution < 1.29 is 27.5 Å². The number of likely N-dealkylation sites (tertiary alicyclic amines) is 1. The number of benzene rings is 1. The third-order valence-corrected chi connectivity index (χ3v) is 4.43. The molecule has 1 aliphatic heterocycles. The van der Waals surface area contributed by atoms with Crippen LogP contribution in [-0.4, -0.2) is 42.1 Å². The van der Waals surface area contributed by atoms with Crippen LogP contribution in [0.3, 0.4) is 0 Å². The van der Waals surface area contributed by atoms with Gasteiger partial charge >= 0.3 is 18.1 Å². The van der Waals surface area contributed by atoms with Crippen molar-refractivity contribution in [3.8, 4) is 0 Å². The molecule has 126 valence electrons. The Morgan fingerprint density at radius 2 is 2.00 bits per heavy atom. The second-order valence-electron chi connectivity index (χ2n) is 5.18. The van der Waals surface area contributed by atoms with E-state index in [-0.39, 0.29) is 25.5 Å². The van der Waals surface area contributed by atoms with Gasteiger partial charge in [-0.2, -0.15) is 13.2 Å². The number of nitrogens with zero attached hydrogens (tertiary/aromatic N) is 1. The monoisotopic (exact) mass is 393 g/mol. The van der Waals surface area contributed by atoms with Gasteiger partial charge in [-0.05, 0) is 25.0 Å². The van der Waals surface area contributed by atoms with Crippen LogP contribution < -0.4 is 0 Å². The summed E-state index contributed by atoms with van der Waals surface area (Å²) in [6, 6.07) is 5.85. The number of ether oxygens (including phenoxy) is 1. The number of hydrogen-bond donors (Lipinski definition) is 0. The lowest BCUT2D eigenvalue weighted by Gasteiger charge is -2.23. The molecule has 2 rings (SSSR count). The van der Waals surface area contributed by atoms with E-state index in [1.165, 1.54) is 0 Å². The number of carbonyl (C=O) groups is 2. The molecule has 1 amide bonds. The third-order valence-electron chi connectivity index (χ3n) is 3.71. The molecule has 0 radical (unpaired) electrons. The predicted octanol–water partition coefficient (Wildman–Crippen LogP) is 3.26. The zero-order chi connectivity index (χ0) is 17.2. The Hall–Kier alpha value is -1.57. The Kier molecular flexibility index (Phi) is 5.33. The maximum atomic E-state index is 12.8. The fourth-order valence-corrected chi connectivity index (χ4v) is 3.33. The Morgan fingerprint density at radius 3 is 2.57 bits per heavy atom. The molecule has 4 nitrogen and oxygen atoms in total. The van der Waals surface area contributed by atoms with Crippen molar-refractivity contribution in [3.05, 3.63) is 34.3 Å². The van der Waals surface area contributed by atoms with E-state index in [0.29, 0.717) is 4.90 Å². The summed E-state index contributed by atoms with van der Waals surface area (Å²) in [6.07, 6.45) is -4.92. The molecule has 8 heteroatoms. The van der Waals surface area contributed by atoms with E-state index in [2.05, 4.69) is 15.9 Å². The molecule has 0 aromatic heterocycles. The first kappa shape index (κ1) is 17.8. The summed E-state index contributed by atoms with van der Waals surface area (Å²) in [6.45, 7) is 1.43. The van der Waals surface area contributed by atoms with Gasteiger partial charge in [0.25, 0.3) is 0 Å². The largest absolute Gasteiger partial charge is 0.471 e. The summed E-state index contributed by atoms with van der Waals surface area (Å²) in [5.74, 6) is -3.18. The quantitative estimate of drug-likeness (QED) is 0.740. The molecule has 1 aliphatic rings. The van der Waals surface area contributed by atoms with Gasteiger partial charge in [-0.1, -0.05) is 34.1 Å². The number of esters is 1. The first-order valence-electron chi connectivity index (χ1n) is 7.04. The van der Waals surface area contributed by atoms with Crippen LogP contribution in [-0.2, 0) is 14.3 Å². The van der Waals surface area contributed by atoms with E-state index in [1.807, 2.05) is 0 Å². The summed E-state index contributed by atoms with van der Waals surface area (Å²) < 4.78 is 43.9. The summed E-state index contributed by atoms with van der Waals surface area (Å²) in [5.41, 5.74) is 0.763. The highest BCUT2D eigenvalue weighted by atomic mass is 79.9. The van der Waals surface area contributed by atoms with Gasteiger partial charge in [0.15, 0.2) is 0 Å². The van der Waals surface area contributed by atoms with Crippen molar-refractivity contribution in [2.45, 2.75) is 31.5 Å². The number of hydrogen-bond acceptors (Lipinski definition) is 3. The maximum Gasteiger partial charge on any atom is 0.471 e. The average molecular weight is 394 g/mol. The molecule has 23 heavy (non-hydrogen) atoms. The standard InChI is InChI=1S/C15H15BrF3NO3/c1-2-23-13(21)12-7-9(10-5-3-4-6-11(10)16)8-20(12)14(22)15(17,18)19/h3-6,9,12H,2,7-8H2,1H3/t9-,12+/m1/s1. The molecule has 2 atom stereocenters. The molecule has 0 N–H and O–H groups in total. The number of rotatable bonds is 3. The summed E-state index contributed by atoms with van der Waals surface area (Å²) in [5, 5.41) is 0. The minimum atomic E-state index is -5.02. The van der Waals surface area contributed by atoms with Crippen molar-refractivity contribution in [2.24, 2.45) is 0 Å². The van der Waals surface area contributed by atoms with Crippen LogP contribution in [0.2, 0.25) is 0 Å². The summed E-state index contributed by atoms with van der Waals surface area (Å²) in [7, 11) is 0. The minimum absolute atomic E-state index is 0.0447. The van der Waals surface area contributed by atoms with Gasteiger partial charge < -0.3 is 9.64 Å². The van der Waals surface area contributed by atoms with Gasteiger partial charge in [0, 0.05) is 16.9 Å². The lowest BCUT2D eigenvalue weighted by molar-refractivity contribution is -0.188. The summed E-state index contributed by atoms with van der Waals surface area (Å²) in [4.78, 5) is 24.2. The second-order valence-corrected chi connectivity index (χ2v) is 6.03. The smallest absolute Gasteiger partial charge is 0.464 e. The van der Waals surface area contributed by atoms with E-state index in [9.17, 15) is 22.8 Å². The molecule has 1 aromatic rings. The summed E-state index contributed by atoms with van der Waals surface area (Å²) >= 11 is 3.35. The zero-order valence-electron chi connectivity index (χ0n) is 12.3. The molecule has 1 aromatic carbocycles. The SMILES string of the molecule is CCOC(=O)[C@@H]1C[C@@H](c2ccccc2Br)CN1C(=O)C(F)(F)F. The van der Waals surface area contributed by atoms with E-state index < -0.39 is 24.1 Å². The second kappa shape index (κ2) is 6.90. The molecule has 0 spiro atoms. The van der Waals surface area contributed by atoms with Gasteiger partial charge in [-0.3, -0.25) is 4.79 Å². The third kappa shape index (κ3) is 3.85. The minimum Gasteiger partial charge on any atom is -0.464 e. The number of carbonyl (C=O) groups excluding carboxylic acids is 2. The molecule has 1 saturated heterocycles. The zero-order valence-corrected chi connectivity index (χ0v) is 13.9. The highest BCUT2D eigenvalue weighted by molar-refractivity contribution is 9.10. The normalized spacial score (nSPS) is 21.3. The first-order chi connectivity index (χ1) is 10.8. The van der Waals surface area contributed by atoms with Crippen LogP contribution >= 0.6 is 15.9 Å². The van der Waals surface area contributed by atoms with E-state index in [4.69, 9.17) is 4.74 Å². The van der Waals surface area contributed by atoms with Crippen LogP contribution in [0.25, 0.3) is 0 Å². The van der Waals surface area contributed by atoms with Gasteiger partial charge in [0.05, 0.1) is 6.61 Å². The van der Waals surface area contributed by atoms with E-state index >= 15 is 0 Å². The lowest BCUT2D eigenvalue weighted by atomic mass is 9.96. The molecular formula is C15H15BrF3NO3. The molecular weight excluding hydrogens is 379 g/mol. The van der Waals surface area contributed by atoms with Crippen molar-refractivity contribution in [2.75, 3.05) is 13.2 Å². The number of amides is 1. The van der Waals surface area contributed by atoms with Crippen molar-refractivity contribution in [1.82, 2.24) is 4.90 Å². The fourth-order valence-electron chi connectivity index (χ4n) is 2.72. The van der Waals surface area contributed by atoms with Crippen molar-refractivity contribution >= 4 is 27.8 Å². The van der Waals surface area contributed by atoms with Crippen LogP contribution in [0.4, 0.5) is 13.2 Å². The highest BCUT2D eigenvalue weighted by Crippen LogP contribution is 2.37. The molecule has 0 bridgehead atoms. The predicted molar refractivity (Wildman–Crippen MR) is 79.7 cm³/mol. The van der Waals surface area contributed by atoms with Gasteiger partial charge in [-0.15, -0.1) is 0 Å². The van der Waals surface area contributed by atoms with E-state index in [1.54, 1.807) is 31.2 Å². The van der Waals surface area contributed by atoms with Crippen LogP contribution in [0.1, 0.15) is 24.8 Å².